The number of rotatable bonds is 6. The molecule has 0 amide bonds. The predicted molar refractivity (Wildman–Crippen MR) is 123 cm³/mol. The molecule has 0 unspecified atom stereocenters. The first-order valence-corrected chi connectivity index (χ1v) is 11.1. The Hall–Kier alpha value is -3.10. The summed E-state index contributed by atoms with van der Waals surface area (Å²) in [5, 5.41) is 12.8. The van der Waals surface area contributed by atoms with Gasteiger partial charge in [0.25, 0.3) is 5.56 Å². The highest BCUT2D eigenvalue weighted by atomic mass is 19.1. The van der Waals surface area contributed by atoms with Gasteiger partial charge >= 0.3 is 0 Å². The fourth-order valence-electron chi connectivity index (χ4n) is 4.54. The van der Waals surface area contributed by atoms with Crippen LogP contribution < -0.4 is 10.9 Å². The lowest BCUT2D eigenvalue weighted by atomic mass is 10.0. The molecular formula is C24H27FN6O. The fourth-order valence-corrected chi connectivity index (χ4v) is 4.54. The second kappa shape index (κ2) is 8.80. The lowest BCUT2D eigenvalue weighted by molar-refractivity contribution is 0.191. The van der Waals surface area contributed by atoms with E-state index >= 15 is 0 Å². The molecule has 0 aliphatic carbocycles. The topological polar surface area (TPSA) is 68.0 Å². The number of pyridine rings is 1. The van der Waals surface area contributed by atoms with Crippen molar-refractivity contribution in [1.82, 2.24) is 29.8 Å². The fraction of sp³-hybridized carbons (Fsp3) is 0.375. The van der Waals surface area contributed by atoms with E-state index in [1.165, 1.54) is 17.7 Å². The highest BCUT2D eigenvalue weighted by molar-refractivity contribution is 5.79. The van der Waals surface area contributed by atoms with Crippen LogP contribution in [0.2, 0.25) is 0 Å². The third-order valence-electron chi connectivity index (χ3n) is 6.45. The van der Waals surface area contributed by atoms with Crippen LogP contribution in [0.3, 0.4) is 0 Å². The number of benzene rings is 2. The number of nitrogens with one attached hydrogen (secondary N) is 1. The van der Waals surface area contributed by atoms with Crippen LogP contribution in [0.1, 0.15) is 18.4 Å². The third kappa shape index (κ3) is 4.28. The van der Waals surface area contributed by atoms with Gasteiger partial charge in [0.15, 0.2) is 0 Å². The number of halogens is 1. The Morgan fingerprint density at radius 2 is 1.84 bits per heavy atom. The summed E-state index contributed by atoms with van der Waals surface area (Å²) in [6.07, 6.45) is 2.13. The van der Waals surface area contributed by atoms with Gasteiger partial charge in [-0.2, -0.15) is 0 Å². The van der Waals surface area contributed by atoms with Crippen LogP contribution in [0.5, 0.6) is 0 Å². The van der Waals surface area contributed by atoms with Gasteiger partial charge in [-0.25, -0.2) is 9.07 Å². The Morgan fingerprint density at radius 1 is 1.03 bits per heavy atom. The molecule has 2 aromatic heterocycles. The van der Waals surface area contributed by atoms with Crippen LogP contribution in [0.4, 0.5) is 4.39 Å². The molecule has 0 bridgehead atoms. The Morgan fingerprint density at radius 3 is 2.69 bits per heavy atom. The van der Waals surface area contributed by atoms with E-state index < -0.39 is 0 Å². The SMILES string of the molecule is Cn1nnc2ccc(CNC3CCN(CCn4c(=O)ccc5ccc(F)cc54)CC3)cc21. The molecule has 1 fully saturated rings. The summed E-state index contributed by atoms with van der Waals surface area (Å²) in [7, 11) is 1.91. The van der Waals surface area contributed by atoms with Gasteiger partial charge in [-0.3, -0.25) is 4.79 Å². The first kappa shape index (κ1) is 20.8. The summed E-state index contributed by atoms with van der Waals surface area (Å²) in [6.45, 7) is 4.14. The molecule has 1 aliphatic heterocycles. The summed E-state index contributed by atoms with van der Waals surface area (Å²) >= 11 is 0. The van der Waals surface area contributed by atoms with Crippen LogP contribution in [0.15, 0.2) is 53.3 Å². The molecule has 5 rings (SSSR count). The zero-order valence-electron chi connectivity index (χ0n) is 18.2. The smallest absolute Gasteiger partial charge is 0.251 e. The first-order chi connectivity index (χ1) is 15.6. The van der Waals surface area contributed by atoms with Gasteiger partial charge in [-0.15, -0.1) is 5.10 Å². The molecule has 4 aromatic rings. The van der Waals surface area contributed by atoms with E-state index in [2.05, 4.69) is 32.7 Å². The van der Waals surface area contributed by atoms with Crippen molar-refractivity contribution < 1.29 is 4.39 Å². The van der Waals surface area contributed by atoms with Crippen LogP contribution in [-0.2, 0) is 20.1 Å². The summed E-state index contributed by atoms with van der Waals surface area (Å²) in [5.74, 6) is -0.317. The predicted octanol–water partition coefficient (Wildman–Crippen LogP) is 2.68. The first-order valence-electron chi connectivity index (χ1n) is 11.1. The van der Waals surface area contributed by atoms with Gasteiger partial charge in [-0.1, -0.05) is 11.3 Å². The highest BCUT2D eigenvalue weighted by Gasteiger charge is 2.19. The zero-order chi connectivity index (χ0) is 22.1. The van der Waals surface area contributed by atoms with Gasteiger partial charge < -0.3 is 14.8 Å². The van der Waals surface area contributed by atoms with Crippen molar-refractivity contribution in [2.24, 2.45) is 7.05 Å². The second-order valence-electron chi connectivity index (χ2n) is 8.56. The van der Waals surface area contributed by atoms with E-state index in [0.29, 0.717) is 18.1 Å². The van der Waals surface area contributed by atoms with Crippen molar-refractivity contribution in [2.45, 2.75) is 32.0 Å². The van der Waals surface area contributed by atoms with Crippen molar-refractivity contribution >= 4 is 21.9 Å². The lowest BCUT2D eigenvalue weighted by Crippen LogP contribution is -2.43. The molecule has 8 heteroatoms. The van der Waals surface area contributed by atoms with Crippen molar-refractivity contribution in [3.8, 4) is 0 Å². The minimum atomic E-state index is -0.317. The number of likely N-dealkylation sites (tertiary alicyclic amines) is 1. The number of piperidine rings is 1. The van der Waals surface area contributed by atoms with Crippen LogP contribution >= 0.6 is 0 Å². The average molecular weight is 435 g/mol. The van der Waals surface area contributed by atoms with E-state index in [4.69, 9.17) is 0 Å². The zero-order valence-corrected chi connectivity index (χ0v) is 18.2. The minimum Gasteiger partial charge on any atom is -0.310 e. The summed E-state index contributed by atoms with van der Waals surface area (Å²) < 4.78 is 17.2. The number of nitrogens with zero attached hydrogens (tertiary/aromatic N) is 5. The van der Waals surface area contributed by atoms with Gasteiger partial charge in [0.05, 0.1) is 11.0 Å². The molecule has 32 heavy (non-hydrogen) atoms. The van der Waals surface area contributed by atoms with E-state index in [1.54, 1.807) is 27.4 Å². The molecule has 2 aromatic carbocycles. The van der Waals surface area contributed by atoms with E-state index in [9.17, 15) is 9.18 Å². The Labute approximate surface area is 185 Å². The van der Waals surface area contributed by atoms with Crippen molar-refractivity contribution in [2.75, 3.05) is 19.6 Å². The van der Waals surface area contributed by atoms with Gasteiger partial charge in [0, 0.05) is 38.8 Å². The number of fused-ring (bicyclic) bond motifs is 2. The molecule has 0 atom stereocenters. The maximum absolute atomic E-state index is 13.7. The molecule has 0 radical (unpaired) electrons. The van der Waals surface area contributed by atoms with Gasteiger partial charge in [0.1, 0.15) is 11.3 Å². The number of hydrogen-bond donors (Lipinski definition) is 1. The van der Waals surface area contributed by atoms with Crippen molar-refractivity contribution in [3.63, 3.8) is 0 Å². The average Bonchev–Trinajstić information content (AvgIpc) is 3.18. The van der Waals surface area contributed by atoms with Crippen LogP contribution in [-0.4, -0.2) is 50.1 Å². The molecule has 0 saturated carbocycles. The van der Waals surface area contributed by atoms with Gasteiger partial charge in [0.2, 0.25) is 0 Å². The van der Waals surface area contributed by atoms with E-state index in [-0.39, 0.29) is 11.4 Å². The molecule has 1 N–H and O–H groups in total. The number of aryl methyl sites for hydroxylation is 1. The van der Waals surface area contributed by atoms with Crippen LogP contribution in [0.25, 0.3) is 21.9 Å². The maximum atomic E-state index is 13.7. The van der Waals surface area contributed by atoms with Gasteiger partial charge in [-0.05, 0) is 73.3 Å². The monoisotopic (exact) mass is 434 g/mol. The van der Waals surface area contributed by atoms with E-state index in [0.717, 1.165) is 55.4 Å². The number of aromatic nitrogens is 4. The summed E-state index contributed by atoms with van der Waals surface area (Å²) in [4.78, 5) is 14.8. The number of hydrogen-bond acceptors (Lipinski definition) is 5. The molecule has 3 heterocycles. The lowest BCUT2D eigenvalue weighted by Gasteiger charge is -2.32. The Bertz CT molecular complexity index is 1310. The molecule has 1 aliphatic rings. The molecule has 0 spiro atoms. The molecular weight excluding hydrogens is 407 g/mol. The van der Waals surface area contributed by atoms with E-state index in [1.807, 2.05) is 13.1 Å². The van der Waals surface area contributed by atoms with Crippen LogP contribution in [0, 0.1) is 5.82 Å². The van der Waals surface area contributed by atoms with Crippen molar-refractivity contribution in [3.05, 3.63) is 70.3 Å². The highest BCUT2D eigenvalue weighted by Crippen LogP contribution is 2.16. The quantitative estimate of drug-likeness (QED) is 0.505. The Kier molecular flexibility index (Phi) is 5.71. The second-order valence-corrected chi connectivity index (χ2v) is 8.56. The summed E-state index contributed by atoms with van der Waals surface area (Å²) in [6, 6.07) is 14.7. The molecule has 166 valence electrons. The molecule has 7 nitrogen and oxygen atoms in total. The summed E-state index contributed by atoms with van der Waals surface area (Å²) in [5.41, 5.74) is 3.77. The standard InChI is InChI=1S/C24H27FN6O/c1-29-23-14-17(2-6-21(23)27-28-29)16-26-20-8-10-30(11-9-20)12-13-31-22-15-19(25)5-3-18(22)4-7-24(31)32/h2-7,14-15,20,26H,8-13,16H2,1H3. The maximum Gasteiger partial charge on any atom is 0.251 e. The minimum absolute atomic E-state index is 0.0831. The van der Waals surface area contributed by atoms with Crippen molar-refractivity contribution in [1.29, 1.82) is 0 Å². The third-order valence-corrected chi connectivity index (χ3v) is 6.45. The molecule has 1 saturated heterocycles. The Balaban J connectivity index is 1.15. The largest absolute Gasteiger partial charge is 0.310 e. The normalized spacial score (nSPS) is 15.7.